The SMILES string of the molecule is CCCCOc1ccc(-c2cc(C(=O)NCCc3ccccc3)c(=O)n(CCCC)c2)cc1. The lowest BCUT2D eigenvalue weighted by Gasteiger charge is -2.13. The number of hydrogen-bond donors (Lipinski definition) is 1. The number of nitrogens with one attached hydrogen (secondary N) is 1. The van der Waals surface area contributed by atoms with Crippen LogP contribution in [0.25, 0.3) is 11.1 Å². The summed E-state index contributed by atoms with van der Waals surface area (Å²) in [7, 11) is 0. The van der Waals surface area contributed by atoms with Gasteiger partial charge in [0.2, 0.25) is 0 Å². The number of carbonyl (C=O) groups is 1. The molecule has 0 aliphatic carbocycles. The van der Waals surface area contributed by atoms with Crippen LogP contribution in [0.15, 0.2) is 71.7 Å². The second kappa shape index (κ2) is 12.6. The van der Waals surface area contributed by atoms with Gasteiger partial charge in [-0.2, -0.15) is 0 Å². The van der Waals surface area contributed by atoms with Gasteiger partial charge in [-0.05, 0) is 54.2 Å². The second-order valence-corrected chi connectivity index (χ2v) is 8.21. The first-order chi connectivity index (χ1) is 16.1. The highest BCUT2D eigenvalue weighted by Gasteiger charge is 2.15. The van der Waals surface area contributed by atoms with Crippen LogP contribution in [0.1, 0.15) is 55.5 Å². The van der Waals surface area contributed by atoms with Gasteiger partial charge in [-0.3, -0.25) is 9.59 Å². The largest absolute Gasteiger partial charge is 0.494 e. The van der Waals surface area contributed by atoms with Gasteiger partial charge in [0, 0.05) is 19.3 Å². The van der Waals surface area contributed by atoms with E-state index in [0.29, 0.717) is 19.7 Å². The van der Waals surface area contributed by atoms with Crippen LogP contribution < -0.4 is 15.6 Å². The average molecular weight is 447 g/mol. The highest BCUT2D eigenvalue weighted by atomic mass is 16.5. The van der Waals surface area contributed by atoms with Crippen molar-refractivity contribution < 1.29 is 9.53 Å². The van der Waals surface area contributed by atoms with Gasteiger partial charge in [-0.25, -0.2) is 0 Å². The summed E-state index contributed by atoms with van der Waals surface area (Å²) in [4.78, 5) is 25.9. The van der Waals surface area contributed by atoms with E-state index in [0.717, 1.165) is 54.5 Å². The lowest BCUT2D eigenvalue weighted by molar-refractivity contribution is 0.0952. The van der Waals surface area contributed by atoms with Gasteiger partial charge in [0.15, 0.2) is 0 Å². The molecule has 1 aromatic heterocycles. The summed E-state index contributed by atoms with van der Waals surface area (Å²) in [6.07, 6.45) is 6.53. The van der Waals surface area contributed by atoms with Crippen molar-refractivity contribution in [3.05, 3.63) is 88.3 Å². The third-order valence-electron chi connectivity index (χ3n) is 5.58. The molecule has 33 heavy (non-hydrogen) atoms. The summed E-state index contributed by atoms with van der Waals surface area (Å²) in [6, 6.07) is 19.5. The highest BCUT2D eigenvalue weighted by molar-refractivity contribution is 5.95. The molecule has 0 unspecified atom stereocenters. The molecule has 0 bridgehead atoms. The zero-order valence-corrected chi connectivity index (χ0v) is 19.7. The first-order valence-electron chi connectivity index (χ1n) is 11.9. The van der Waals surface area contributed by atoms with E-state index in [-0.39, 0.29) is 17.0 Å². The summed E-state index contributed by atoms with van der Waals surface area (Å²) in [5, 5.41) is 2.92. The van der Waals surface area contributed by atoms with Crippen LogP contribution in [0.3, 0.4) is 0 Å². The third-order valence-corrected chi connectivity index (χ3v) is 5.58. The van der Waals surface area contributed by atoms with E-state index in [1.807, 2.05) is 60.8 Å². The molecule has 3 rings (SSSR count). The molecule has 0 aliphatic rings. The fraction of sp³-hybridized carbons (Fsp3) is 0.357. The van der Waals surface area contributed by atoms with E-state index in [1.54, 1.807) is 10.6 Å². The number of benzene rings is 2. The zero-order chi connectivity index (χ0) is 23.5. The second-order valence-electron chi connectivity index (χ2n) is 8.21. The lowest BCUT2D eigenvalue weighted by Crippen LogP contribution is -2.34. The number of unbranched alkanes of at least 4 members (excludes halogenated alkanes) is 2. The van der Waals surface area contributed by atoms with Gasteiger partial charge in [0.05, 0.1) is 6.61 Å². The summed E-state index contributed by atoms with van der Waals surface area (Å²) >= 11 is 0. The van der Waals surface area contributed by atoms with Gasteiger partial charge in [0.1, 0.15) is 11.3 Å². The Morgan fingerprint density at radius 3 is 2.36 bits per heavy atom. The molecule has 3 aromatic rings. The van der Waals surface area contributed by atoms with Gasteiger partial charge >= 0.3 is 0 Å². The average Bonchev–Trinajstić information content (AvgIpc) is 2.84. The van der Waals surface area contributed by atoms with Crippen molar-refractivity contribution in [2.45, 2.75) is 52.5 Å². The number of aromatic nitrogens is 1. The summed E-state index contributed by atoms with van der Waals surface area (Å²) in [5.74, 6) is 0.493. The van der Waals surface area contributed by atoms with Crippen molar-refractivity contribution in [1.82, 2.24) is 9.88 Å². The van der Waals surface area contributed by atoms with Crippen molar-refractivity contribution >= 4 is 5.91 Å². The molecule has 0 spiro atoms. The van der Waals surface area contributed by atoms with E-state index < -0.39 is 0 Å². The van der Waals surface area contributed by atoms with Crippen LogP contribution in [0.2, 0.25) is 0 Å². The highest BCUT2D eigenvalue weighted by Crippen LogP contribution is 2.23. The number of amides is 1. The number of aryl methyl sites for hydroxylation is 1. The molecular weight excluding hydrogens is 412 g/mol. The molecule has 1 heterocycles. The Kier molecular flexibility index (Phi) is 9.31. The maximum absolute atomic E-state index is 13.0. The van der Waals surface area contributed by atoms with Crippen LogP contribution in [0.4, 0.5) is 0 Å². The fourth-order valence-corrected chi connectivity index (χ4v) is 3.59. The first kappa shape index (κ1) is 24.3. The van der Waals surface area contributed by atoms with E-state index >= 15 is 0 Å². The molecule has 0 saturated carbocycles. The van der Waals surface area contributed by atoms with Gasteiger partial charge < -0.3 is 14.6 Å². The Morgan fingerprint density at radius 2 is 1.67 bits per heavy atom. The minimum Gasteiger partial charge on any atom is -0.494 e. The van der Waals surface area contributed by atoms with Crippen molar-refractivity contribution in [3.63, 3.8) is 0 Å². The standard InChI is InChI=1S/C28H34N2O3/c1-3-5-18-30-21-24(23-12-14-25(15-13-23)33-19-6-4-2)20-26(28(30)32)27(31)29-17-16-22-10-8-7-9-11-22/h7-15,20-21H,3-6,16-19H2,1-2H3,(H,29,31). The number of ether oxygens (including phenoxy) is 1. The van der Waals surface area contributed by atoms with E-state index in [4.69, 9.17) is 4.74 Å². The molecule has 0 saturated heterocycles. The summed E-state index contributed by atoms with van der Waals surface area (Å²) in [5.41, 5.74) is 2.87. The fourth-order valence-electron chi connectivity index (χ4n) is 3.59. The Morgan fingerprint density at radius 1 is 0.939 bits per heavy atom. The Labute approximate surface area is 196 Å². The molecule has 5 heteroatoms. The molecule has 2 aromatic carbocycles. The molecule has 174 valence electrons. The molecular formula is C28H34N2O3. The molecule has 5 nitrogen and oxygen atoms in total. The van der Waals surface area contributed by atoms with Crippen molar-refractivity contribution in [2.75, 3.05) is 13.2 Å². The number of hydrogen-bond acceptors (Lipinski definition) is 3. The van der Waals surface area contributed by atoms with Crippen LogP contribution in [-0.2, 0) is 13.0 Å². The van der Waals surface area contributed by atoms with Gasteiger partial charge in [-0.1, -0.05) is 69.2 Å². The number of rotatable bonds is 12. The van der Waals surface area contributed by atoms with Crippen molar-refractivity contribution in [3.8, 4) is 16.9 Å². The van der Waals surface area contributed by atoms with Gasteiger partial charge in [-0.15, -0.1) is 0 Å². The molecule has 0 radical (unpaired) electrons. The molecule has 1 N–H and O–H groups in total. The van der Waals surface area contributed by atoms with E-state index in [1.165, 1.54) is 0 Å². The topological polar surface area (TPSA) is 60.3 Å². The van der Waals surface area contributed by atoms with Crippen LogP contribution >= 0.6 is 0 Å². The minimum atomic E-state index is -0.331. The predicted octanol–water partition coefficient (Wildman–Crippen LogP) is 5.47. The zero-order valence-electron chi connectivity index (χ0n) is 19.7. The van der Waals surface area contributed by atoms with Crippen LogP contribution in [-0.4, -0.2) is 23.6 Å². The monoisotopic (exact) mass is 446 g/mol. The predicted molar refractivity (Wildman–Crippen MR) is 134 cm³/mol. The summed E-state index contributed by atoms with van der Waals surface area (Å²) in [6.45, 7) is 5.99. The summed E-state index contributed by atoms with van der Waals surface area (Å²) < 4.78 is 7.42. The Balaban J connectivity index is 1.80. The Bertz CT molecular complexity index is 1070. The smallest absolute Gasteiger partial charge is 0.263 e. The van der Waals surface area contributed by atoms with Crippen LogP contribution in [0, 0.1) is 0 Å². The molecule has 0 atom stereocenters. The maximum Gasteiger partial charge on any atom is 0.263 e. The molecule has 1 amide bonds. The minimum absolute atomic E-state index is 0.180. The van der Waals surface area contributed by atoms with Crippen LogP contribution in [0.5, 0.6) is 5.75 Å². The van der Waals surface area contributed by atoms with Crippen molar-refractivity contribution in [1.29, 1.82) is 0 Å². The maximum atomic E-state index is 13.0. The number of carbonyl (C=O) groups excluding carboxylic acids is 1. The van der Waals surface area contributed by atoms with E-state index in [2.05, 4.69) is 19.2 Å². The molecule has 0 aliphatic heterocycles. The first-order valence-corrected chi connectivity index (χ1v) is 11.9. The lowest BCUT2D eigenvalue weighted by atomic mass is 10.0. The number of pyridine rings is 1. The van der Waals surface area contributed by atoms with Gasteiger partial charge in [0.25, 0.3) is 11.5 Å². The normalized spacial score (nSPS) is 10.7. The van der Waals surface area contributed by atoms with Crippen molar-refractivity contribution in [2.24, 2.45) is 0 Å². The molecule has 0 fully saturated rings. The quantitative estimate of drug-likeness (QED) is 0.376. The number of nitrogens with zero attached hydrogens (tertiary/aromatic N) is 1. The Hall–Kier alpha value is -3.34. The van der Waals surface area contributed by atoms with E-state index in [9.17, 15) is 9.59 Å². The third kappa shape index (κ3) is 7.07.